The second-order valence-electron chi connectivity index (χ2n) is 7.50. The summed E-state index contributed by atoms with van der Waals surface area (Å²) in [6, 6.07) is 21.5. The van der Waals surface area contributed by atoms with E-state index in [-0.39, 0.29) is 12.3 Å². The molecule has 0 atom stereocenters. The predicted octanol–water partition coefficient (Wildman–Crippen LogP) is 6.29. The van der Waals surface area contributed by atoms with Gasteiger partial charge in [-0.15, -0.1) is 22.7 Å². The van der Waals surface area contributed by atoms with E-state index in [0.717, 1.165) is 42.7 Å². The summed E-state index contributed by atoms with van der Waals surface area (Å²) in [5.74, 6) is 1.19. The van der Waals surface area contributed by atoms with E-state index in [2.05, 4.69) is 21.4 Å². The lowest BCUT2D eigenvalue weighted by Crippen LogP contribution is -2.14. The largest absolute Gasteiger partial charge is 0.493 e. The van der Waals surface area contributed by atoms with Crippen molar-refractivity contribution >= 4 is 44.5 Å². The summed E-state index contributed by atoms with van der Waals surface area (Å²) in [5, 5.41) is 6.64. The highest BCUT2D eigenvalue weighted by Gasteiger charge is 2.12. The van der Waals surface area contributed by atoms with Gasteiger partial charge < -0.3 is 14.8 Å². The van der Waals surface area contributed by atoms with E-state index in [0.29, 0.717) is 11.5 Å². The van der Waals surface area contributed by atoms with Crippen LogP contribution in [0.4, 0.5) is 5.69 Å². The molecule has 2 heterocycles. The van der Waals surface area contributed by atoms with Gasteiger partial charge in [0.25, 0.3) is 0 Å². The smallest absolute Gasteiger partial charge is 0.230 e. The predicted molar refractivity (Wildman–Crippen MR) is 138 cm³/mol. The topological polar surface area (TPSA) is 73.3 Å². The van der Waals surface area contributed by atoms with Crippen molar-refractivity contribution in [3.8, 4) is 32.6 Å². The number of hydrogen-bond acceptors (Lipinski definition) is 7. The Bertz CT molecular complexity index is 1420. The minimum absolute atomic E-state index is 0.114. The van der Waals surface area contributed by atoms with Crippen LogP contribution in [-0.2, 0) is 11.2 Å². The number of methoxy groups -OCH3 is 2. The molecular weight excluding hydrogens is 466 g/mol. The zero-order chi connectivity index (χ0) is 23.5. The van der Waals surface area contributed by atoms with Crippen LogP contribution in [0.25, 0.3) is 31.4 Å². The quantitative estimate of drug-likeness (QED) is 0.292. The number of hydrogen-bond donors (Lipinski definition) is 1. The van der Waals surface area contributed by atoms with Gasteiger partial charge in [-0.2, -0.15) is 0 Å². The van der Waals surface area contributed by atoms with Gasteiger partial charge in [-0.1, -0.05) is 12.1 Å². The highest BCUT2D eigenvalue weighted by atomic mass is 32.1. The average Bonchev–Trinajstić information content (AvgIpc) is 3.51. The summed E-state index contributed by atoms with van der Waals surface area (Å²) in [6.07, 6.45) is 0.198. The zero-order valence-electron chi connectivity index (χ0n) is 18.6. The van der Waals surface area contributed by atoms with Crippen LogP contribution in [0.1, 0.15) is 5.69 Å². The number of thiazole rings is 2. The molecule has 170 valence electrons. The third-order valence-corrected chi connectivity index (χ3v) is 7.26. The number of aromatic nitrogens is 2. The van der Waals surface area contributed by atoms with Crippen LogP contribution < -0.4 is 14.8 Å². The fraction of sp³-hybridized carbons (Fsp3) is 0.115. The SMILES string of the molecule is COc1ccc(-c2nc(CC(=O)Nc3ccc(-c4nc5ccccc5s4)cc3)cs2)cc1OC. The number of ether oxygens (including phenoxy) is 2. The van der Waals surface area contributed by atoms with Crippen LogP contribution in [0.15, 0.2) is 72.1 Å². The van der Waals surface area contributed by atoms with E-state index in [4.69, 9.17) is 9.47 Å². The van der Waals surface area contributed by atoms with E-state index < -0.39 is 0 Å². The van der Waals surface area contributed by atoms with E-state index >= 15 is 0 Å². The first kappa shape index (κ1) is 22.1. The number of fused-ring (bicyclic) bond motifs is 1. The number of amides is 1. The maximum atomic E-state index is 12.6. The van der Waals surface area contributed by atoms with Crippen molar-refractivity contribution in [2.75, 3.05) is 19.5 Å². The van der Waals surface area contributed by atoms with Crippen LogP contribution >= 0.6 is 22.7 Å². The lowest BCUT2D eigenvalue weighted by molar-refractivity contribution is -0.115. The molecule has 0 bridgehead atoms. The standard InChI is InChI=1S/C26H21N3O3S2/c1-31-21-12-9-17(13-22(21)32-2)25-28-19(15-33-25)14-24(30)27-18-10-7-16(8-11-18)26-29-20-5-3-4-6-23(20)34-26/h3-13,15H,14H2,1-2H3,(H,27,30). The molecule has 6 nitrogen and oxygen atoms in total. The molecule has 1 N–H and O–H groups in total. The molecule has 0 saturated carbocycles. The lowest BCUT2D eigenvalue weighted by Gasteiger charge is -2.08. The van der Waals surface area contributed by atoms with Gasteiger partial charge in [0.2, 0.25) is 5.91 Å². The van der Waals surface area contributed by atoms with Gasteiger partial charge in [0.15, 0.2) is 11.5 Å². The summed E-state index contributed by atoms with van der Waals surface area (Å²) in [5.41, 5.74) is 4.40. The number of carbonyl (C=O) groups excluding carboxylic acids is 1. The van der Waals surface area contributed by atoms with Crippen molar-refractivity contribution in [1.82, 2.24) is 9.97 Å². The fourth-order valence-corrected chi connectivity index (χ4v) is 5.34. The minimum atomic E-state index is -0.114. The molecule has 0 saturated heterocycles. The maximum absolute atomic E-state index is 12.6. The molecule has 5 aromatic rings. The van der Waals surface area contributed by atoms with Crippen LogP contribution in [0, 0.1) is 0 Å². The number of benzene rings is 3. The average molecular weight is 488 g/mol. The highest BCUT2D eigenvalue weighted by Crippen LogP contribution is 2.34. The van der Waals surface area contributed by atoms with E-state index in [1.54, 1.807) is 25.6 Å². The lowest BCUT2D eigenvalue weighted by atomic mass is 10.2. The van der Waals surface area contributed by atoms with Gasteiger partial charge in [0.1, 0.15) is 10.0 Å². The Balaban J connectivity index is 1.24. The van der Waals surface area contributed by atoms with Gasteiger partial charge in [-0.3, -0.25) is 4.79 Å². The molecule has 1 amide bonds. The van der Waals surface area contributed by atoms with Gasteiger partial charge in [0, 0.05) is 22.2 Å². The highest BCUT2D eigenvalue weighted by molar-refractivity contribution is 7.21. The molecule has 0 aliphatic carbocycles. The summed E-state index contributed by atoms with van der Waals surface area (Å²) in [6.45, 7) is 0. The molecule has 0 spiro atoms. The Hall–Kier alpha value is -3.75. The second-order valence-corrected chi connectivity index (χ2v) is 9.39. The summed E-state index contributed by atoms with van der Waals surface area (Å²) in [4.78, 5) is 21.9. The van der Waals surface area contributed by atoms with Crippen molar-refractivity contribution < 1.29 is 14.3 Å². The molecule has 2 aromatic heterocycles. The number of para-hydroxylation sites is 1. The Kier molecular flexibility index (Phi) is 6.24. The van der Waals surface area contributed by atoms with Gasteiger partial charge >= 0.3 is 0 Å². The first-order valence-electron chi connectivity index (χ1n) is 10.6. The first-order chi connectivity index (χ1) is 16.6. The molecule has 0 aliphatic heterocycles. The van der Waals surface area contributed by atoms with Crippen molar-refractivity contribution in [1.29, 1.82) is 0 Å². The van der Waals surface area contributed by atoms with Crippen LogP contribution in [0.2, 0.25) is 0 Å². The Morgan fingerprint density at radius 1 is 0.882 bits per heavy atom. The number of rotatable bonds is 7. The summed E-state index contributed by atoms with van der Waals surface area (Å²) >= 11 is 3.15. The van der Waals surface area contributed by atoms with Gasteiger partial charge in [-0.05, 0) is 54.6 Å². The molecular formula is C26H21N3O3S2. The summed E-state index contributed by atoms with van der Waals surface area (Å²) in [7, 11) is 3.21. The van der Waals surface area contributed by atoms with Gasteiger partial charge in [-0.25, -0.2) is 9.97 Å². The van der Waals surface area contributed by atoms with Crippen LogP contribution in [0.3, 0.4) is 0 Å². The van der Waals surface area contributed by atoms with Crippen molar-refractivity contribution in [2.24, 2.45) is 0 Å². The molecule has 0 aliphatic rings. The van der Waals surface area contributed by atoms with Crippen LogP contribution in [0.5, 0.6) is 11.5 Å². The number of nitrogens with zero attached hydrogens (tertiary/aromatic N) is 2. The van der Waals surface area contributed by atoms with E-state index in [1.807, 2.05) is 66.0 Å². The normalized spacial score (nSPS) is 10.9. The molecule has 0 unspecified atom stereocenters. The van der Waals surface area contributed by atoms with Crippen LogP contribution in [-0.4, -0.2) is 30.1 Å². The number of anilines is 1. The van der Waals surface area contributed by atoms with Crippen molar-refractivity contribution in [3.63, 3.8) is 0 Å². The third kappa shape index (κ3) is 4.64. The number of nitrogens with one attached hydrogen (secondary N) is 1. The second kappa shape index (κ2) is 9.62. The maximum Gasteiger partial charge on any atom is 0.230 e. The molecule has 0 fully saturated rings. The van der Waals surface area contributed by atoms with E-state index in [9.17, 15) is 4.79 Å². The van der Waals surface area contributed by atoms with Crippen molar-refractivity contribution in [3.05, 3.63) is 77.8 Å². The Morgan fingerprint density at radius 3 is 2.41 bits per heavy atom. The molecule has 3 aromatic carbocycles. The Morgan fingerprint density at radius 2 is 1.65 bits per heavy atom. The molecule has 0 radical (unpaired) electrons. The molecule has 5 rings (SSSR count). The van der Waals surface area contributed by atoms with Gasteiger partial charge in [0.05, 0.1) is 36.6 Å². The first-order valence-corrected chi connectivity index (χ1v) is 12.3. The monoisotopic (exact) mass is 487 g/mol. The van der Waals surface area contributed by atoms with E-state index in [1.165, 1.54) is 11.3 Å². The summed E-state index contributed by atoms with van der Waals surface area (Å²) < 4.78 is 11.8. The molecule has 8 heteroatoms. The fourth-order valence-electron chi connectivity index (χ4n) is 3.55. The van der Waals surface area contributed by atoms with Crippen molar-refractivity contribution in [2.45, 2.75) is 6.42 Å². The molecule has 34 heavy (non-hydrogen) atoms. The third-order valence-electron chi connectivity index (χ3n) is 5.23. The number of carbonyl (C=O) groups is 1. The zero-order valence-corrected chi connectivity index (χ0v) is 20.2. The minimum Gasteiger partial charge on any atom is -0.493 e. The Labute approximate surface area is 204 Å².